The molecule has 5 aromatic rings. The van der Waals surface area contributed by atoms with Crippen LogP contribution in [0.5, 0.6) is 5.75 Å². The molecule has 0 saturated heterocycles. The van der Waals surface area contributed by atoms with Crippen molar-refractivity contribution in [1.29, 1.82) is 0 Å². The Bertz CT molecular complexity index is 1670. The summed E-state index contributed by atoms with van der Waals surface area (Å²) in [7, 11) is 0. The van der Waals surface area contributed by atoms with Gasteiger partial charge in [0.1, 0.15) is 5.75 Å². The summed E-state index contributed by atoms with van der Waals surface area (Å²) in [6.07, 6.45) is 0. The average molecular weight is 279 g/mol. The number of phenols is 1. The van der Waals surface area contributed by atoms with E-state index >= 15 is 0 Å². The van der Waals surface area contributed by atoms with E-state index in [0.717, 1.165) is 0 Å². The molecule has 0 radical (unpaired) electrons. The Balaban J connectivity index is 2.38. The van der Waals surface area contributed by atoms with Gasteiger partial charge in [0.25, 0.3) is 0 Å². The lowest BCUT2D eigenvalue weighted by Gasteiger charge is -2.13. The molecule has 5 rings (SSSR count). The van der Waals surface area contributed by atoms with Crippen molar-refractivity contribution < 1.29 is 20.2 Å². The van der Waals surface area contributed by atoms with Crippen molar-refractivity contribution in [2.24, 2.45) is 0 Å². The van der Waals surface area contributed by atoms with E-state index in [4.69, 9.17) is 15.1 Å². The highest BCUT2D eigenvalue weighted by Crippen LogP contribution is 2.38. The fourth-order valence-electron chi connectivity index (χ4n) is 2.68. The van der Waals surface area contributed by atoms with Crippen molar-refractivity contribution in [3.05, 3.63) is 66.5 Å². The summed E-state index contributed by atoms with van der Waals surface area (Å²) < 4.78 is 92.0. The second-order valence-electron chi connectivity index (χ2n) is 4.72. The maximum absolute atomic E-state index is 10.1. The monoisotopic (exact) mass is 279 g/mol. The first-order chi connectivity index (χ1) is 14.9. The Morgan fingerprint density at radius 2 is 1.33 bits per heavy atom. The van der Waals surface area contributed by atoms with Crippen molar-refractivity contribution in [3.8, 4) is 5.75 Å². The normalized spacial score (nSPS) is 19.3. The summed E-state index contributed by atoms with van der Waals surface area (Å²) in [5.74, 6) is -0.834. The summed E-state index contributed by atoms with van der Waals surface area (Å²) in [6, 6.07) is -5.88. The predicted octanol–water partition coefficient (Wildman–Crippen LogP) is 5.44. The van der Waals surface area contributed by atoms with Crippen LogP contribution >= 0.6 is 0 Å². The quantitative estimate of drug-likeness (QED) is 0.295. The van der Waals surface area contributed by atoms with Gasteiger partial charge in [-0.1, -0.05) is 48.3 Å². The third kappa shape index (κ3) is 1.35. The lowest BCUT2D eigenvalue weighted by Crippen LogP contribution is -1.85. The van der Waals surface area contributed by atoms with Crippen molar-refractivity contribution in [2.45, 2.75) is 0 Å². The molecule has 21 heavy (non-hydrogen) atoms. The molecule has 0 heterocycles. The molecule has 5 aromatic carbocycles. The molecule has 1 N–H and O–H groups in total. The highest BCUT2D eigenvalue weighted by molar-refractivity contribution is 6.28. The number of hydrogen-bond acceptors (Lipinski definition) is 1. The molecule has 0 aliphatic carbocycles. The van der Waals surface area contributed by atoms with Gasteiger partial charge in [-0.05, 0) is 61.2 Å². The van der Waals surface area contributed by atoms with Crippen LogP contribution in [0.1, 0.15) is 15.1 Å². The lowest BCUT2D eigenvalue weighted by atomic mass is 9.91. The summed E-state index contributed by atoms with van der Waals surface area (Å²) in [5, 5.41) is 9.05. The number of benzene rings is 5. The van der Waals surface area contributed by atoms with Gasteiger partial charge in [-0.2, -0.15) is 0 Å². The van der Waals surface area contributed by atoms with Crippen LogP contribution in [-0.2, 0) is 0 Å². The fraction of sp³-hybridized carbons (Fsp3) is 0. The molecule has 0 aromatic heterocycles. The van der Waals surface area contributed by atoms with E-state index in [1.165, 1.54) is 0 Å². The van der Waals surface area contributed by atoms with Gasteiger partial charge < -0.3 is 5.11 Å². The Hall–Kier alpha value is -2.80. The molecule has 0 saturated carbocycles. The van der Waals surface area contributed by atoms with E-state index in [-0.39, 0.29) is 43.1 Å². The van der Waals surface area contributed by atoms with Crippen LogP contribution in [0.15, 0.2) is 66.5 Å². The Labute approximate surface area is 136 Å². The van der Waals surface area contributed by atoms with Crippen LogP contribution in [0.25, 0.3) is 43.1 Å². The van der Waals surface area contributed by atoms with E-state index in [1.54, 1.807) is 0 Å². The zero-order valence-electron chi connectivity index (χ0n) is 21.4. The zero-order chi connectivity index (χ0) is 23.5. The number of rotatable bonds is 0. The first-order valence-electron chi connectivity index (χ1n) is 11.7. The summed E-state index contributed by atoms with van der Waals surface area (Å²) >= 11 is 0. The van der Waals surface area contributed by atoms with Crippen LogP contribution in [0, 0.1) is 0 Å². The molecule has 0 unspecified atom stereocenters. The maximum Gasteiger partial charge on any atom is 0.116 e. The van der Waals surface area contributed by atoms with Crippen LogP contribution in [-0.4, -0.2) is 5.11 Å². The van der Waals surface area contributed by atoms with E-state index in [0.29, 0.717) is 0 Å². The maximum atomic E-state index is 10.1. The van der Waals surface area contributed by atoms with E-state index in [9.17, 15) is 5.11 Å². The molecule has 0 aliphatic rings. The standard InChI is InChI=1S/C20H12O/c21-16-7-9-17-15(11-16)10-14-5-4-12-2-1-3-13-6-8-18(17)20(14)19(12)13/h1-11,21H/i1D,2D,3D,4D,5D,6D,7D,8D,9D,10D,11D. The predicted molar refractivity (Wildman–Crippen MR) is 89.3 cm³/mol. The Morgan fingerprint density at radius 3 is 2.19 bits per heavy atom. The third-order valence-corrected chi connectivity index (χ3v) is 3.55. The second kappa shape index (κ2) is 3.64. The van der Waals surface area contributed by atoms with Crippen molar-refractivity contribution in [3.63, 3.8) is 0 Å². The van der Waals surface area contributed by atoms with E-state index in [1.807, 2.05) is 0 Å². The third-order valence-electron chi connectivity index (χ3n) is 3.55. The van der Waals surface area contributed by atoms with Gasteiger partial charge in [0, 0.05) is 0 Å². The van der Waals surface area contributed by atoms with Gasteiger partial charge in [-0.15, -0.1) is 0 Å². The molecule has 0 atom stereocenters. The van der Waals surface area contributed by atoms with Crippen molar-refractivity contribution >= 4 is 43.1 Å². The van der Waals surface area contributed by atoms with E-state index in [2.05, 4.69) is 0 Å². The molecular weight excluding hydrogens is 256 g/mol. The van der Waals surface area contributed by atoms with Gasteiger partial charge in [-0.25, -0.2) is 0 Å². The molecule has 0 fully saturated rings. The SMILES string of the molecule is [2H]c1c([2H])c2c([2H])c([2H])c3c([2H])c4c([2H])c(O)c([2H])c([2H])c4c4c([2H])c([2H])c(c1[2H])c2c34. The van der Waals surface area contributed by atoms with Gasteiger partial charge in [0.05, 0.1) is 15.1 Å². The molecule has 1 heteroatoms. The topological polar surface area (TPSA) is 20.2 Å². The molecule has 0 spiro atoms. The van der Waals surface area contributed by atoms with Crippen molar-refractivity contribution in [1.82, 2.24) is 0 Å². The number of fused-ring (bicyclic) bond motifs is 2. The summed E-state index contributed by atoms with van der Waals surface area (Å²) in [5.41, 5.74) is 0. The second-order valence-corrected chi connectivity index (χ2v) is 4.72. The number of hydrogen-bond donors (Lipinski definition) is 1. The molecular formula is C20H12O. The summed E-state index contributed by atoms with van der Waals surface area (Å²) in [4.78, 5) is 0. The summed E-state index contributed by atoms with van der Waals surface area (Å²) in [6.45, 7) is 0. The van der Waals surface area contributed by atoms with Crippen molar-refractivity contribution in [2.75, 3.05) is 0 Å². The molecule has 0 bridgehead atoms. The molecule has 1 nitrogen and oxygen atoms in total. The average Bonchev–Trinajstić information content (AvgIpc) is 2.75. The zero-order valence-corrected chi connectivity index (χ0v) is 10.4. The van der Waals surface area contributed by atoms with Crippen LogP contribution < -0.4 is 0 Å². The Morgan fingerprint density at radius 1 is 0.619 bits per heavy atom. The Kier molecular flexibility index (Phi) is 0.847. The minimum absolute atomic E-state index is 0.00364. The first kappa shape index (κ1) is 4.88. The number of aromatic hydroxyl groups is 1. The molecule has 98 valence electrons. The number of phenolic OH excluding ortho intramolecular Hbond substituents is 1. The largest absolute Gasteiger partial charge is 0.508 e. The van der Waals surface area contributed by atoms with Gasteiger partial charge in [-0.3, -0.25) is 0 Å². The smallest absolute Gasteiger partial charge is 0.116 e. The van der Waals surface area contributed by atoms with Crippen LogP contribution in [0.4, 0.5) is 0 Å². The van der Waals surface area contributed by atoms with Gasteiger partial charge in [0.2, 0.25) is 0 Å². The highest BCUT2D eigenvalue weighted by Gasteiger charge is 2.10. The highest BCUT2D eigenvalue weighted by atomic mass is 16.3. The minimum Gasteiger partial charge on any atom is -0.508 e. The fourth-order valence-corrected chi connectivity index (χ4v) is 2.68. The van der Waals surface area contributed by atoms with Gasteiger partial charge in [0.15, 0.2) is 0 Å². The minimum atomic E-state index is -0.834. The van der Waals surface area contributed by atoms with Crippen LogP contribution in [0.3, 0.4) is 0 Å². The molecule has 0 aliphatic heterocycles. The first-order valence-corrected chi connectivity index (χ1v) is 6.22. The van der Waals surface area contributed by atoms with Crippen LogP contribution in [0.2, 0.25) is 0 Å². The lowest BCUT2D eigenvalue weighted by molar-refractivity contribution is 0.476. The van der Waals surface area contributed by atoms with E-state index < -0.39 is 72.2 Å². The van der Waals surface area contributed by atoms with Gasteiger partial charge >= 0.3 is 0 Å². The molecule has 0 amide bonds.